The monoisotopic (exact) mass is 351 g/mol. The Balaban J connectivity index is 1.27. The molecule has 134 valence electrons. The van der Waals surface area contributed by atoms with Gasteiger partial charge in [0.1, 0.15) is 18.9 Å². The number of ether oxygens (including phenoxy) is 1. The van der Waals surface area contributed by atoms with Crippen LogP contribution in [0.4, 0.5) is 0 Å². The molecular weight excluding hydrogens is 328 g/mol. The SMILES string of the molecule is O=C(c1ccco1)N1CC[NH+](CCOc2cccc3ccccc23)CC1. The van der Waals surface area contributed by atoms with Gasteiger partial charge in [0, 0.05) is 5.39 Å². The molecule has 1 aliphatic rings. The van der Waals surface area contributed by atoms with Crippen LogP contribution in [0.3, 0.4) is 0 Å². The average molecular weight is 351 g/mol. The quantitative estimate of drug-likeness (QED) is 0.763. The molecule has 1 aliphatic heterocycles. The molecule has 4 rings (SSSR count). The summed E-state index contributed by atoms with van der Waals surface area (Å²) in [5.74, 6) is 1.35. The number of piperazine rings is 1. The zero-order chi connectivity index (χ0) is 17.8. The Morgan fingerprint density at radius 1 is 1.04 bits per heavy atom. The third-order valence-corrected chi connectivity index (χ3v) is 4.95. The first-order valence-corrected chi connectivity index (χ1v) is 9.08. The van der Waals surface area contributed by atoms with Crippen molar-refractivity contribution in [2.75, 3.05) is 39.3 Å². The van der Waals surface area contributed by atoms with Crippen molar-refractivity contribution < 1.29 is 18.8 Å². The topological polar surface area (TPSA) is 47.1 Å². The molecule has 0 bridgehead atoms. The van der Waals surface area contributed by atoms with Gasteiger partial charge in [-0.1, -0.05) is 36.4 Å². The molecule has 3 aromatic rings. The van der Waals surface area contributed by atoms with Crippen molar-refractivity contribution in [3.05, 3.63) is 66.6 Å². The first kappa shape index (κ1) is 16.7. The van der Waals surface area contributed by atoms with Gasteiger partial charge < -0.3 is 19.0 Å². The highest BCUT2D eigenvalue weighted by Gasteiger charge is 2.25. The van der Waals surface area contributed by atoms with Crippen LogP contribution in [0.15, 0.2) is 65.3 Å². The van der Waals surface area contributed by atoms with Crippen LogP contribution in [0, 0.1) is 0 Å². The van der Waals surface area contributed by atoms with Gasteiger partial charge >= 0.3 is 0 Å². The zero-order valence-corrected chi connectivity index (χ0v) is 14.7. The van der Waals surface area contributed by atoms with Gasteiger partial charge in [-0.05, 0) is 23.6 Å². The van der Waals surface area contributed by atoms with E-state index in [1.807, 2.05) is 29.2 Å². The first-order chi connectivity index (χ1) is 12.8. The minimum Gasteiger partial charge on any atom is -0.487 e. The number of carbonyl (C=O) groups is 1. The predicted octanol–water partition coefficient (Wildman–Crippen LogP) is 1.85. The fraction of sp³-hybridized carbons (Fsp3) is 0.286. The van der Waals surface area contributed by atoms with Gasteiger partial charge in [-0.15, -0.1) is 0 Å². The number of nitrogens with zero attached hydrogens (tertiary/aromatic N) is 1. The van der Waals surface area contributed by atoms with Crippen molar-refractivity contribution in [2.45, 2.75) is 0 Å². The third kappa shape index (κ3) is 3.58. The highest BCUT2D eigenvalue weighted by molar-refractivity contribution is 5.91. The summed E-state index contributed by atoms with van der Waals surface area (Å²) >= 11 is 0. The van der Waals surface area contributed by atoms with Crippen LogP contribution in [-0.2, 0) is 0 Å². The smallest absolute Gasteiger partial charge is 0.289 e. The standard InChI is InChI=1S/C21H22N2O3/c24-21(20-9-4-15-25-20)23-12-10-22(11-13-23)14-16-26-19-8-3-6-17-5-1-2-7-18(17)19/h1-9,15H,10-14,16H2/p+1. The van der Waals surface area contributed by atoms with Crippen LogP contribution in [0.5, 0.6) is 5.75 Å². The lowest BCUT2D eigenvalue weighted by atomic mass is 10.1. The van der Waals surface area contributed by atoms with E-state index in [2.05, 4.69) is 18.2 Å². The molecule has 0 radical (unpaired) electrons. The number of hydrogen-bond acceptors (Lipinski definition) is 3. The van der Waals surface area contributed by atoms with E-state index in [9.17, 15) is 4.79 Å². The summed E-state index contributed by atoms with van der Waals surface area (Å²) in [4.78, 5) is 15.6. The van der Waals surface area contributed by atoms with E-state index < -0.39 is 0 Å². The molecule has 26 heavy (non-hydrogen) atoms. The van der Waals surface area contributed by atoms with Crippen molar-refractivity contribution in [1.82, 2.24) is 4.90 Å². The molecule has 5 heteroatoms. The number of hydrogen-bond donors (Lipinski definition) is 1. The number of nitrogens with one attached hydrogen (secondary N) is 1. The van der Waals surface area contributed by atoms with Crippen molar-refractivity contribution in [1.29, 1.82) is 0 Å². The number of benzene rings is 2. The molecule has 1 amide bonds. The second kappa shape index (κ2) is 7.62. The van der Waals surface area contributed by atoms with E-state index in [-0.39, 0.29) is 5.91 Å². The maximum Gasteiger partial charge on any atom is 0.289 e. The summed E-state index contributed by atoms with van der Waals surface area (Å²) in [5.41, 5.74) is 0. The average Bonchev–Trinajstić information content (AvgIpc) is 3.23. The normalized spacial score (nSPS) is 15.3. The number of carbonyl (C=O) groups excluding carboxylic acids is 1. The predicted molar refractivity (Wildman–Crippen MR) is 99.6 cm³/mol. The Labute approximate surface area is 152 Å². The molecule has 1 fully saturated rings. The fourth-order valence-corrected chi connectivity index (χ4v) is 3.46. The Bertz CT molecular complexity index is 863. The van der Waals surface area contributed by atoms with Gasteiger partial charge in [0.2, 0.25) is 0 Å². The molecule has 0 atom stereocenters. The lowest BCUT2D eigenvalue weighted by Crippen LogP contribution is -3.15. The minimum absolute atomic E-state index is 0.0129. The third-order valence-electron chi connectivity index (χ3n) is 4.95. The first-order valence-electron chi connectivity index (χ1n) is 9.08. The van der Waals surface area contributed by atoms with Crippen molar-refractivity contribution in [3.63, 3.8) is 0 Å². The Morgan fingerprint density at radius 2 is 1.85 bits per heavy atom. The van der Waals surface area contributed by atoms with Crippen LogP contribution < -0.4 is 9.64 Å². The molecule has 0 spiro atoms. The zero-order valence-electron chi connectivity index (χ0n) is 14.7. The number of furan rings is 1. The molecule has 5 nitrogen and oxygen atoms in total. The molecular formula is C21H23N2O3+. The van der Waals surface area contributed by atoms with E-state index in [0.717, 1.165) is 43.9 Å². The Kier molecular flexibility index (Phi) is 4.88. The van der Waals surface area contributed by atoms with Gasteiger partial charge in [0.15, 0.2) is 5.76 Å². The molecule has 0 aliphatic carbocycles. The Morgan fingerprint density at radius 3 is 2.65 bits per heavy atom. The highest BCUT2D eigenvalue weighted by atomic mass is 16.5. The summed E-state index contributed by atoms with van der Waals surface area (Å²) in [5, 5.41) is 2.35. The minimum atomic E-state index is -0.0129. The number of rotatable bonds is 5. The highest BCUT2D eigenvalue weighted by Crippen LogP contribution is 2.24. The van der Waals surface area contributed by atoms with Gasteiger partial charge in [-0.2, -0.15) is 0 Å². The van der Waals surface area contributed by atoms with E-state index in [1.54, 1.807) is 18.4 Å². The number of quaternary nitrogens is 1. The van der Waals surface area contributed by atoms with E-state index in [4.69, 9.17) is 9.15 Å². The maximum atomic E-state index is 12.3. The largest absolute Gasteiger partial charge is 0.487 e. The van der Waals surface area contributed by atoms with Crippen molar-refractivity contribution in [2.24, 2.45) is 0 Å². The van der Waals surface area contributed by atoms with E-state index in [1.165, 1.54) is 10.3 Å². The van der Waals surface area contributed by atoms with Crippen molar-refractivity contribution in [3.8, 4) is 5.75 Å². The molecule has 0 saturated carbocycles. The summed E-state index contributed by atoms with van der Waals surface area (Å²) in [6.07, 6.45) is 1.54. The fourth-order valence-electron chi connectivity index (χ4n) is 3.46. The number of amides is 1. The van der Waals surface area contributed by atoms with Crippen LogP contribution in [0.25, 0.3) is 10.8 Å². The van der Waals surface area contributed by atoms with E-state index in [0.29, 0.717) is 12.4 Å². The molecule has 2 heterocycles. The summed E-state index contributed by atoms with van der Waals surface area (Å²) in [6, 6.07) is 17.9. The lowest BCUT2D eigenvalue weighted by molar-refractivity contribution is -0.903. The maximum absolute atomic E-state index is 12.3. The Hall–Kier alpha value is -2.79. The number of fused-ring (bicyclic) bond motifs is 1. The van der Waals surface area contributed by atoms with Gasteiger partial charge in [-0.25, -0.2) is 0 Å². The second-order valence-electron chi connectivity index (χ2n) is 6.60. The molecule has 1 aromatic heterocycles. The van der Waals surface area contributed by atoms with E-state index >= 15 is 0 Å². The lowest BCUT2D eigenvalue weighted by Gasteiger charge is -2.31. The van der Waals surface area contributed by atoms with Crippen LogP contribution in [-0.4, -0.2) is 50.1 Å². The van der Waals surface area contributed by atoms with Crippen LogP contribution in [0.1, 0.15) is 10.6 Å². The van der Waals surface area contributed by atoms with Gasteiger partial charge in [-0.3, -0.25) is 4.79 Å². The van der Waals surface area contributed by atoms with Gasteiger partial charge in [0.05, 0.1) is 32.4 Å². The summed E-state index contributed by atoms with van der Waals surface area (Å²) in [7, 11) is 0. The van der Waals surface area contributed by atoms with Crippen molar-refractivity contribution >= 4 is 16.7 Å². The van der Waals surface area contributed by atoms with Crippen LogP contribution in [0.2, 0.25) is 0 Å². The summed E-state index contributed by atoms with van der Waals surface area (Å²) in [6.45, 7) is 4.99. The molecule has 0 unspecified atom stereocenters. The van der Waals surface area contributed by atoms with Gasteiger partial charge in [0.25, 0.3) is 5.91 Å². The molecule has 1 N–H and O–H groups in total. The molecule has 1 saturated heterocycles. The summed E-state index contributed by atoms with van der Waals surface area (Å²) < 4.78 is 11.2. The second-order valence-corrected chi connectivity index (χ2v) is 6.60. The molecule has 2 aromatic carbocycles. The van der Waals surface area contributed by atoms with Crippen LogP contribution >= 0.6 is 0 Å².